The van der Waals surface area contributed by atoms with E-state index in [0.29, 0.717) is 0 Å². The Balaban J connectivity index is 2.11. The Morgan fingerprint density at radius 1 is 0.952 bits per heavy atom. The van der Waals surface area contributed by atoms with Crippen molar-refractivity contribution in [2.75, 3.05) is 7.11 Å². The molecular formula is C17H13N3O. The minimum Gasteiger partial charge on any atom is -0.497 e. The Morgan fingerprint density at radius 3 is 2.62 bits per heavy atom. The highest BCUT2D eigenvalue weighted by Gasteiger charge is 2.10. The van der Waals surface area contributed by atoms with Crippen molar-refractivity contribution in [3.63, 3.8) is 0 Å². The molecule has 4 aromatic rings. The van der Waals surface area contributed by atoms with E-state index in [1.54, 1.807) is 7.11 Å². The SMILES string of the molecule is COc1ccc2ncc3ncn(-c4ccccc4)c3c2c1. The summed E-state index contributed by atoms with van der Waals surface area (Å²) < 4.78 is 7.42. The van der Waals surface area contributed by atoms with Crippen LogP contribution in [0.1, 0.15) is 0 Å². The molecule has 2 aromatic carbocycles. The lowest BCUT2D eigenvalue weighted by atomic mass is 10.1. The van der Waals surface area contributed by atoms with Crippen molar-refractivity contribution in [3.8, 4) is 11.4 Å². The van der Waals surface area contributed by atoms with Gasteiger partial charge in [0.25, 0.3) is 0 Å². The van der Waals surface area contributed by atoms with Crippen LogP contribution in [0.15, 0.2) is 61.1 Å². The lowest BCUT2D eigenvalue weighted by Gasteiger charge is -2.07. The van der Waals surface area contributed by atoms with Gasteiger partial charge in [0.1, 0.15) is 17.6 Å². The molecule has 0 saturated carbocycles. The number of nitrogens with zero attached hydrogens (tertiary/aromatic N) is 3. The Kier molecular flexibility index (Phi) is 2.60. The number of pyridine rings is 1. The quantitative estimate of drug-likeness (QED) is 0.561. The summed E-state index contributed by atoms with van der Waals surface area (Å²) in [7, 11) is 1.67. The zero-order valence-electron chi connectivity index (χ0n) is 11.5. The smallest absolute Gasteiger partial charge is 0.119 e. The van der Waals surface area contributed by atoms with E-state index in [1.165, 1.54) is 0 Å². The summed E-state index contributed by atoms with van der Waals surface area (Å²) in [5.74, 6) is 0.817. The number of benzene rings is 2. The van der Waals surface area contributed by atoms with Gasteiger partial charge in [-0.1, -0.05) is 18.2 Å². The molecule has 0 spiro atoms. The van der Waals surface area contributed by atoms with Gasteiger partial charge in [-0.15, -0.1) is 0 Å². The van der Waals surface area contributed by atoms with E-state index in [9.17, 15) is 0 Å². The summed E-state index contributed by atoms with van der Waals surface area (Å²) in [5.41, 5.74) is 3.93. The third-order valence-corrected chi connectivity index (χ3v) is 3.61. The molecule has 102 valence electrons. The Bertz CT molecular complexity index is 929. The van der Waals surface area contributed by atoms with Crippen LogP contribution in [0.4, 0.5) is 0 Å². The largest absolute Gasteiger partial charge is 0.497 e. The normalized spacial score (nSPS) is 11.1. The molecule has 0 unspecified atom stereocenters. The lowest BCUT2D eigenvalue weighted by molar-refractivity contribution is 0.415. The summed E-state index contributed by atoms with van der Waals surface area (Å²) in [6.07, 6.45) is 3.64. The van der Waals surface area contributed by atoms with Crippen LogP contribution in [0.5, 0.6) is 5.75 Å². The maximum absolute atomic E-state index is 5.34. The third-order valence-electron chi connectivity index (χ3n) is 3.61. The third kappa shape index (κ3) is 1.84. The van der Waals surface area contributed by atoms with E-state index in [4.69, 9.17) is 4.74 Å². The number of hydrogen-bond donors (Lipinski definition) is 0. The Hall–Kier alpha value is -2.88. The van der Waals surface area contributed by atoms with Gasteiger partial charge >= 0.3 is 0 Å². The molecule has 0 amide bonds. The maximum Gasteiger partial charge on any atom is 0.119 e. The van der Waals surface area contributed by atoms with Crippen LogP contribution >= 0.6 is 0 Å². The van der Waals surface area contributed by atoms with E-state index in [-0.39, 0.29) is 0 Å². The first kappa shape index (κ1) is 11.9. The molecule has 4 nitrogen and oxygen atoms in total. The van der Waals surface area contributed by atoms with Gasteiger partial charge in [0, 0.05) is 11.1 Å². The average molecular weight is 275 g/mol. The topological polar surface area (TPSA) is 39.9 Å². The van der Waals surface area contributed by atoms with Crippen LogP contribution in [0, 0.1) is 0 Å². The first-order valence-electron chi connectivity index (χ1n) is 6.72. The van der Waals surface area contributed by atoms with Gasteiger partial charge in [-0.3, -0.25) is 9.55 Å². The molecule has 4 rings (SSSR count). The van der Waals surface area contributed by atoms with E-state index in [2.05, 4.69) is 26.7 Å². The molecule has 2 heterocycles. The number of rotatable bonds is 2. The van der Waals surface area contributed by atoms with E-state index in [0.717, 1.165) is 33.4 Å². The highest BCUT2D eigenvalue weighted by molar-refractivity contribution is 6.03. The van der Waals surface area contributed by atoms with Crippen LogP contribution in [0.2, 0.25) is 0 Å². The maximum atomic E-state index is 5.34. The summed E-state index contributed by atoms with van der Waals surface area (Å²) in [6.45, 7) is 0. The Labute approximate surface area is 121 Å². The second-order valence-electron chi connectivity index (χ2n) is 4.83. The first-order valence-corrected chi connectivity index (χ1v) is 6.72. The van der Waals surface area contributed by atoms with E-state index in [1.807, 2.05) is 48.9 Å². The van der Waals surface area contributed by atoms with Crippen LogP contribution in [-0.4, -0.2) is 21.6 Å². The molecule has 0 radical (unpaired) electrons. The Morgan fingerprint density at radius 2 is 1.81 bits per heavy atom. The zero-order chi connectivity index (χ0) is 14.2. The van der Waals surface area contributed by atoms with Crippen molar-refractivity contribution < 1.29 is 4.74 Å². The molecule has 0 aliphatic rings. The van der Waals surface area contributed by atoms with Crippen LogP contribution in [-0.2, 0) is 0 Å². The first-order chi connectivity index (χ1) is 10.4. The zero-order valence-corrected chi connectivity index (χ0v) is 11.5. The molecule has 0 aliphatic heterocycles. The minimum atomic E-state index is 0.817. The van der Waals surface area contributed by atoms with Crippen LogP contribution in [0.3, 0.4) is 0 Å². The van der Waals surface area contributed by atoms with Gasteiger partial charge in [0.2, 0.25) is 0 Å². The molecule has 0 fully saturated rings. The molecule has 0 aliphatic carbocycles. The van der Waals surface area contributed by atoms with Gasteiger partial charge < -0.3 is 4.74 Å². The molecular weight excluding hydrogens is 262 g/mol. The van der Waals surface area contributed by atoms with Crippen molar-refractivity contribution >= 4 is 21.9 Å². The number of para-hydroxylation sites is 1. The standard InChI is InChI=1S/C17H13N3O/c1-21-13-7-8-15-14(9-13)17-16(10-18-15)19-11-20(17)12-5-3-2-4-6-12/h2-11H,1H3. The summed E-state index contributed by atoms with van der Waals surface area (Å²) in [5, 5.41) is 1.04. The number of ether oxygens (including phenoxy) is 1. The van der Waals surface area contributed by atoms with Crippen molar-refractivity contribution in [2.24, 2.45) is 0 Å². The molecule has 0 saturated heterocycles. The van der Waals surface area contributed by atoms with Gasteiger partial charge in [-0.2, -0.15) is 0 Å². The predicted octanol–water partition coefficient (Wildman–Crippen LogP) is 3.58. The number of imidazole rings is 1. The van der Waals surface area contributed by atoms with Crippen LogP contribution in [0.25, 0.3) is 27.6 Å². The number of hydrogen-bond acceptors (Lipinski definition) is 3. The number of methoxy groups -OCH3 is 1. The number of fused-ring (bicyclic) bond motifs is 3. The second-order valence-corrected chi connectivity index (χ2v) is 4.83. The van der Waals surface area contributed by atoms with Crippen molar-refractivity contribution in [1.29, 1.82) is 0 Å². The van der Waals surface area contributed by atoms with Gasteiger partial charge in [-0.25, -0.2) is 4.98 Å². The fourth-order valence-corrected chi connectivity index (χ4v) is 2.58. The molecule has 0 atom stereocenters. The molecule has 2 aromatic heterocycles. The van der Waals surface area contributed by atoms with Gasteiger partial charge in [0.05, 0.1) is 24.3 Å². The highest BCUT2D eigenvalue weighted by Crippen LogP contribution is 2.28. The summed E-state index contributed by atoms with van der Waals surface area (Å²) in [4.78, 5) is 8.92. The molecule has 21 heavy (non-hydrogen) atoms. The van der Waals surface area contributed by atoms with Gasteiger partial charge in [0.15, 0.2) is 0 Å². The monoisotopic (exact) mass is 275 g/mol. The van der Waals surface area contributed by atoms with Crippen molar-refractivity contribution in [2.45, 2.75) is 0 Å². The fraction of sp³-hybridized carbons (Fsp3) is 0.0588. The average Bonchev–Trinajstić information content (AvgIpc) is 2.99. The van der Waals surface area contributed by atoms with Crippen LogP contribution < -0.4 is 4.74 Å². The predicted molar refractivity (Wildman–Crippen MR) is 82.9 cm³/mol. The number of aromatic nitrogens is 3. The molecule has 0 bridgehead atoms. The fourth-order valence-electron chi connectivity index (χ4n) is 2.58. The van der Waals surface area contributed by atoms with E-state index >= 15 is 0 Å². The second kappa shape index (κ2) is 4.59. The van der Waals surface area contributed by atoms with Crippen molar-refractivity contribution in [1.82, 2.24) is 14.5 Å². The van der Waals surface area contributed by atoms with Crippen molar-refractivity contribution in [3.05, 3.63) is 61.1 Å². The lowest BCUT2D eigenvalue weighted by Crippen LogP contribution is -1.93. The van der Waals surface area contributed by atoms with Gasteiger partial charge in [-0.05, 0) is 30.3 Å². The highest BCUT2D eigenvalue weighted by atomic mass is 16.5. The minimum absolute atomic E-state index is 0.817. The molecule has 0 N–H and O–H groups in total. The summed E-state index contributed by atoms with van der Waals surface area (Å²) in [6, 6.07) is 16.1. The molecule has 4 heteroatoms. The van der Waals surface area contributed by atoms with E-state index < -0.39 is 0 Å². The summed E-state index contributed by atoms with van der Waals surface area (Å²) >= 11 is 0.